The van der Waals surface area contributed by atoms with E-state index in [4.69, 9.17) is 0 Å². The first-order valence-corrected chi connectivity index (χ1v) is 7.45. The SMILES string of the molecule is CC.Cc1cc(C)n(C)c(=O)c1C(=O)/C=C/c1ccccc1. The summed E-state index contributed by atoms with van der Waals surface area (Å²) in [6, 6.07) is 11.4. The molecule has 0 spiro atoms. The van der Waals surface area contributed by atoms with Gasteiger partial charge in [0.15, 0.2) is 5.78 Å². The monoisotopic (exact) mass is 297 g/mol. The molecule has 3 nitrogen and oxygen atoms in total. The average molecular weight is 297 g/mol. The number of allylic oxidation sites excluding steroid dienone is 1. The van der Waals surface area contributed by atoms with E-state index in [0.29, 0.717) is 5.56 Å². The fraction of sp³-hybridized carbons (Fsp3) is 0.263. The summed E-state index contributed by atoms with van der Waals surface area (Å²) in [5.74, 6) is -0.257. The Morgan fingerprint density at radius 3 is 2.27 bits per heavy atom. The molecule has 1 heterocycles. The first kappa shape index (κ1) is 17.6. The van der Waals surface area contributed by atoms with Crippen LogP contribution in [0.3, 0.4) is 0 Å². The quantitative estimate of drug-likeness (QED) is 0.636. The van der Waals surface area contributed by atoms with Crippen LogP contribution in [0, 0.1) is 13.8 Å². The summed E-state index contributed by atoms with van der Waals surface area (Å²) in [6.07, 6.45) is 3.18. The molecule has 1 aromatic carbocycles. The molecule has 0 N–H and O–H groups in total. The van der Waals surface area contributed by atoms with Crippen LogP contribution in [-0.4, -0.2) is 10.4 Å². The van der Waals surface area contributed by atoms with Crippen LogP contribution in [0.5, 0.6) is 0 Å². The number of hydrogen-bond donors (Lipinski definition) is 0. The molecule has 0 saturated carbocycles. The average Bonchev–Trinajstić information content (AvgIpc) is 2.54. The predicted molar refractivity (Wildman–Crippen MR) is 92.3 cm³/mol. The Morgan fingerprint density at radius 1 is 1.09 bits per heavy atom. The lowest BCUT2D eigenvalue weighted by Crippen LogP contribution is -2.26. The fourth-order valence-electron chi connectivity index (χ4n) is 2.10. The highest BCUT2D eigenvalue weighted by atomic mass is 16.1. The van der Waals surface area contributed by atoms with E-state index in [2.05, 4.69) is 0 Å². The third-order valence-electron chi connectivity index (χ3n) is 3.34. The van der Waals surface area contributed by atoms with Crippen LogP contribution in [0.15, 0.2) is 47.3 Å². The van der Waals surface area contributed by atoms with E-state index < -0.39 is 0 Å². The number of ketones is 1. The molecule has 0 fully saturated rings. The number of pyridine rings is 1. The zero-order valence-electron chi connectivity index (χ0n) is 13.9. The maximum atomic E-state index is 12.2. The van der Waals surface area contributed by atoms with Crippen LogP contribution >= 0.6 is 0 Å². The molecule has 116 valence electrons. The van der Waals surface area contributed by atoms with Crippen molar-refractivity contribution in [3.8, 4) is 0 Å². The molecule has 0 unspecified atom stereocenters. The number of aromatic nitrogens is 1. The van der Waals surface area contributed by atoms with E-state index in [1.54, 1.807) is 20.0 Å². The van der Waals surface area contributed by atoms with Gasteiger partial charge in [-0.25, -0.2) is 0 Å². The predicted octanol–water partition coefficient (Wildman–Crippen LogP) is 3.92. The third kappa shape index (κ3) is 4.04. The Hall–Kier alpha value is -2.42. The maximum Gasteiger partial charge on any atom is 0.261 e. The van der Waals surface area contributed by atoms with E-state index >= 15 is 0 Å². The van der Waals surface area contributed by atoms with E-state index in [-0.39, 0.29) is 16.9 Å². The first-order chi connectivity index (χ1) is 10.5. The topological polar surface area (TPSA) is 39.1 Å². The number of aryl methyl sites for hydroxylation is 2. The number of benzene rings is 1. The fourth-order valence-corrected chi connectivity index (χ4v) is 2.10. The van der Waals surface area contributed by atoms with Crippen molar-refractivity contribution >= 4 is 11.9 Å². The Kier molecular flexibility index (Phi) is 6.51. The van der Waals surface area contributed by atoms with Crippen LogP contribution in [0.1, 0.15) is 41.0 Å². The number of hydrogen-bond acceptors (Lipinski definition) is 2. The maximum absolute atomic E-state index is 12.2. The molecule has 0 aliphatic rings. The lowest BCUT2D eigenvalue weighted by molar-refractivity contribution is 0.104. The van der Waals surface area contributed by atoms with Crippen LogP contribution in [-0.2, 0) is 7.05 Å². The molecule has 0 saturated heterocycles. The summed E-state index contributed by atoms with van der Waals surface area (Å²) in [7, 11) is 1.68. The lowest BCUT2D eigenvalue weighted by atomic mass is 10.0. The molecule has 3 heteroatoms. The number of carbonyl (C=O) groups excluding carboxylic acids is 1. The molecule has 0 radical (unpaired) electrons. The van der Waals surface area contributed by atoms with Crippen LogP contribution < -0.4 is 5.56 Å². The number of rotatable bonds is 3. The van der Waals surface area contributed by atoms with E-state index in [9.17, 15) is 9.59 Å². The van der Waals surface area contributed by atoms with Crippen molar-refractivity contribution in [2.75, 3.05) is 0 Å². The number of nitrogens with zero attached hydrogens (tertiary/aromatic N) is 1. The van der Waals surface area contributed by atoms with Gasteiger partial charge in [-0.2, -0.15) is 0 Å². The molecular weight excluding hydrogens is 274 g/mol. The van der Waals surface area contributed by atoms with Crippen molar-refractivity contribution in [2.45, 2.75) is 27.7 Å². The van der Waals surface area contributed by atoms with E-state index in [1.165, 1.54) is 10.6 Å². The highest BCUT2D eigenvalue weighted by Gasteiger charge is 2.13. The van der Waals surface area contributed by atoms with Gasteiger partial charge >= 0.3 is 0 Å². The largest absolute Gasteiger partial charge is 0.315 e. The minimum absolute atomic E-state index is 0.241. The second-order valence-corrected chi connectivity index (χ2v) is 4.82. The van der Waals surface area contributed by atoms with Gasteiger partial charge in [-0.15, -0.1) is 0 Å². The van der Waals surface area contributed by atoms with Gasteiger partial charge in [0.1, 0.15) is 0 Å². The van der Waals surface area contributed by atoms with Gasteiger partial charge in [0.05, 0.1) is 5.56 Å². The molecule has 1 aromatic heterocycles. The molecule has 0 atom stereocenters. The molecule has 0 aliphatic carbocycles. The van der Waals surface area contributed by atoms with Crippen molar-refractivity contribution in [1.82, 2.24) is 4.57 Å². The highest BCUT2D eigenvalue weighted by molar-refractivity contribution is 6.07. The summed E-state index contributed by atoms with van der Waals surface area (Å²) in [5, 5.41) is 0. The summed E-state index contributed by atoms with van der Waals surface area (Å²) in [5.41, 5.74) is 2.49. The minimum Gasteiger partial charge on any atom is -0.315 e. The Bertz CT molecular complexity index is 725. The summed E-state index contributed by atoms with van der Waals surface area (Å²) < 4.78 is 1.50. The van der Waals surface area contributed by atoms with Crippen LogP contribution in [0.25, 0.3) is 6.08 Å². The molecule has 0 aliphatic heterocycles. The van der Waals surface area contributed by atoms with Crippen LogP contribution in [0.4, 0.5) is 0 Å². The van der Waals surface area contributed by atoms with E-state index in [0.717, 1.165) is 11.3 Å². The molecule has 22 heavy (non-hydrogen) atoms. The summed E-state index contributed by atoms with van der Waals surface area (Å²) in [6.45, 7) is 7.64. The molecular formula is C19H23NO2. The first-order valence-electron chi connectivity index (χ1n) is 7.45. The standard InChI is InChI=1S/C17H17NO2.C2H6/c1-12-11-13(2)18(3)17(20)16(12)15(19)10-9-14-7-5-4-6-8-14;1-2/h4-11H,1-3H3;1-2H3/b10-9+;. The second-order valence-electron chi connectivity index (χ2n) is 4.82. The Balaban J connectivity index is 0.00000116. The van der Waals surface area contributed by atoms with Crippen molar-refractivity contribution in [3.63, 3.8) is 0 Å². The normalized spacial score (nSPS) is 10.2. The number of carbonyl (C=O) groups is 1. The van der Waals surface area contributed by atoms with Gasteiger partial charge in [-0.1, -0.05) is 50.3 Å². The Labute approximate surface area is 131 Å². The van der Waals surface area contributed by atoms with Gasteiger partial charge in [-0.05, 0) is 37.1 Å². The van der Waals surface area contributed by atoms with Gasteiger partial charge in [0.25, 0.3) is 5.56 Å². The van der Waals surface area contributed by atoms with Crippen molar-refractivity contribution < 1.29 is 4.79 Å². The highest BCUT2D eigenvalue weighted by Crippen LogP contribution is 2.08. The van der Waals surface area contributed by atoms with E-state index in [1.807, 2.05) is 57.2 Å². The van der Waals surface area contributed by atoms with Crippen molar-refractivity contribution in [3.05, 3.63) is 75.2 Å². The minimum atomic E-state index is -0.257. The smallest absolute Gasteiger partial charge is 0.261 e. The van der Waals surface area contributed by atoms with Gasteiger partial charge < -0.3 is 4.57 Å². The summed E-state index contributed by atoms with van der Waals surface area (Å²) >= 11 is 0. The zero-order chi connectivity index (χ0) is 16.7. The van der Waals surface area contributed by atoms with Gasteiger partial charge in [0.2, 0.25) is 0 Å². The molecule has 2 rings (SSSR count). The Morgan fingerprint density at radius 2 is 1.68 bits per heavy atom. The second kappa shape index (κ2) is 8.13. The molecule has 0 amide bonds. The molecule has 0 bridgehead atoms. The van der Waals surface area contributed by atoms with Gasteiger partial charge in [0, 0.05) is 12.7 Å². The molecule has 2 aromatic rings. The van der Waals surface area contributed by atoms with Crippen molar-refractivity contribution in [1.29, 1.82) is 0 Å². The zero-order valence-corrected chi connectivity index (χ0v) is 13.9. The summed E-state index contributed by atoms with van der Waals surface area (Å²) in [4.78, 5) is 24.4. The van der Waals surface area contributed by atoms with Gasteiger partial charge in [-0.3, -0.25) is 9.59 Å². The van der Waals surface area contributed by atoms with Crippen LogP contribution in [0.2, 0.25) is 0 Å². The lowest BCUT2D eigenvalue weighted by Gasteiger charge is -2.08. The van der Waals surface area contributed by atoms with Crippen molar-refractivity contribution in [2.24, 2.45) is 7.05 Å². The third-order valence-corrected chi connectivity index (χ3v) is 3.34.